The molecule has 0 aliphatic rings. The second kappa shape index (κ2) is 9.34. The van der Waals surface area contributed by atoms with Gasteiger partial charge in [0, 0.05) is 13.5 Å². The monoisotopic (exact) mass is 390 g/mol. The van der Waals surface area contributed by atoms with Crippen LogP contribution in [0, 0.1) is 0 Å². The van der Waals surface area contributed by atoms with E-state index in [1.54, 1.807) is 7.11 Å². The zero-order valence-corrected chi connectivity index (χ0v) is 16.8. The molecule has 0 fully saturated rings. The predicted octanol–water partition coefficient (Wildman–Crippen LogP) is 3.34. The summed E-state index contributed by atoms with van der Waals surface area (Å²) in [6.07, 6.45) is 0.947. The minimum atomic E-state index is -0.756. The van der Waals surface area contributed by atoms with E-state index in [4.69, 9.17) is 10.5 Å². The average molecular weight is 390 g/mol. The summed E-state index contributed by atoms with van der Waals surface area (Å²) in [5, 5.41) is 2.14. The first-order chi connectivity index (χ1) is 14.0. The van der Waals surface area contributed by atoms with Crippen LogP contribution in [0.1, 0.15) is 18.1 Å². The molecule has 1 unspecified atom stereocenters. The summed E-state index contributed by atoms with van der Waals surface area (Å²) in [6.45, 7) is 1.69. The minimum absolute atomic E-state index is 0.285. The molecule has 0 bridgehead atoms. The van der Waals surface area contributed by atoms with E-state index in [0.29, 0.717) is 12.8 Å². The van der Waals surface area contributed by atoms with Crippen LogP contribution in [-0.2, 0) is 22.4 Å². The average Bonchev–Trinajstić information content (AvgIpc) is 2.73. The highest BCUT2D eigenvalue weighted by atomic mass is 16.5. The molecule has 3 rings (SSSR count). The third-order valence-corrected chi connectivity index (χ3v) is 5.05. The number of imide groups is 1. The third-order valence-electron chi connectivity index (χ3n) is 5.05. The van der Waals surface area contributed by atoms with Crippen molar-refractivity contribution in [3.8, 4) is 5.75 Å². The first-order valence-corrected chi connectivity index (χ1v) is 9.66. The SMILES string of the molecule is COc1ccc2cccc(CCN(C(C)=O)C(=O)C(N)Cc3ccccc3)c2c1. The number of carbonyl (C=O) groups is 2. The molecule has 1 atom stereocenters. The summed E-state index contributed by atoms with van der Waals surface area (Å²) >= 11 is 0. The van der Waals surface area contributed by atoms with Crippen molar-refractivity contribution < 1.29 is 14.3 Å². The van der Waals surface area contributed by atoms with Crippen LogP contribution in [0.2, 0.25) is 0 Å². The van der Waals surface area contributed by atoms with Crippen LogP contribution in [0.4, 0.5) is 0 Å². The fourth-order valence-electron chi connectivity index (χ4n) is 3.47. The van der Waals surface area contributed by atoms with Gasteiger partial charge in [0.2, 0.25) is 11.8 Å². The Hall–Kier alpha value is -3.18. The molecule has 150 valence electrons. The summed E-state index contributed by atoms with van der Waals surface area (Å²) in [4.78, 5) is 26.2. The second-order valence-electron chi connectivity index (χ2n) is 7.06. The van der Waals surface area contributed by atoms with E-state index in [1.165, 1.54) is 11.8 Å². The third kappa shape index (κ3) is 5.00. The number of ether oxygens (including phenoxy) is 1. The number of carbonyl (C=O) groups excluding carboxylic acids is 2. The van der Waals surface area contributed by atoms with Gasteiger partial charge in [0.25, 0.3) is 0 Å². The highest BCUT2D eigenvalue weighted by Gasteiger charge is 2.24. The van der Waals surface area contributed by atoms with E-state index in [1.807, 2.05) is 66.7 Å². The molecule has 0 saturated heterocycles. The smallest absolute Gasteiger partial charge is 0.246 e. The predicted molar refractivity (Wildman–Crippen MR) is 115 cm³/mol. The van der Waals surface area contributed by atoms with E-state index < -0.39 is 6.04 Å². The zero-order chi connectivity index (χ0) is 20.8. The van der Waals surface area contributed by atoms with Gasteiger partial charge in [-0.25, -0.2) is 0 Å². The summed E-state index contributed by atoms with van der Waals surface area (Å²) in [6, 6.07) is 20.7. The Bertz CT molecular complexity index is 1000. The standard InChI is InChI=1S/C24H26N2O3/c1-17(27)26(24(28)23(25)15-18-7-4-3-5-8-18)14-13-20-10-6-9-19-11-12-21(29-2)16-22(19)20/h3-12,16,23H,13-15,25H2,1-2H3. The van der Waals surface area contributed by atoms with Gasteiger partial charge in [0.05, 0.1) is 13.2 Å². The summed E-state index contributed by atoms with van der Waals surface area (Å²) in [7, 11) is 1.63. The fourth-order valence-corrected chi connectivity index (χ4v) is 3.47. The molecule has 3 aromatic carbocycles. The fraction of sp³-hybridized carbons (Fsp3) is 0.250. The summed E-state index contributed by atoms with van der Waals surface area (Å²) in [5.41, 5.74) is 8.15. The largest absolute Gasteiger partial charge is 0.497 e. The number of nitrogens with two attached hydrogens (primary N) is 1. The molecule has 0 aliphatic carbocycles. The first kappa shape index (κ1) is 20.6. The highest BCUT2D eigenvalue weighted by Crippen LogP contribution is 2.24. The van der Waals surface area contributed by atoms with Crippen molar-refractivity contribution in [2.75, 3.05) is 13.7 Å². The Balaban J connectivity index is 1.75. The van der Waals surface area contributed by atoms with Gasteiger partial charge in [0.15, 0.2) is 0 Å². The number of rotatable bonds is 7. The van der Waals surface area contributed by atoms with Crippen LogP contribution in [0.25, 0.3) is 10.8 Å². The van der Waals surface area contributed by atoms with Crippen LogP contribution < -0.4 is 10.5 Å². The Morgan fingerprint density at radius 3 is 2.48 bits per heavy atom. The van der Waals surface area contributed by atoms with Crippen molar-refractivity contribution in [1.29, 1.82) is 0 Å². The molecule has 0 radical (unpaired) electrons. The van der Waals surface area contributed by atoms with Crippen LogP contribution in [0.15, 0.2) is 66.7 Å². The van der Waals surface area contributed by atoms with Gasteiger partial charge in [0.1, 0.15) is 5.75 Å². The van der Waals surface area contributed by atoms with E-state index >= 15 is 0 Å². The number of fused-ring (bicyclic) bond motifs is 1. The number of amides is 2. The van der Waals surface area contributed by atoms with Crippen molar-refractivity contribution in [3.63, 3.8) is 0 Å². The Morgan fingerprint density at radius 1 is 1.03 bits per heavy atom. The summed E-state index contributed by atoms with van der Waals surface area (Å²) in [5.74, 6) is 0.129. The Kier molecular flexibility index (Phi) is 6.62. The normalized spacial score (nSPS) is 11.8. The molecule has 0 spiro atoms. The second-order valence-corrected chi connectivity index (χ2v) is 7.06. The highest BCUT2D eigenvalue weighted by molar-refractivity contribution is 5.97. The van der Waals surface area contributed by atoms with Crippen LogP contribution >= 0.6 is 0 Å². The molecular formula is C24H26N2O3. The molecule has 5 heteroatoms. The maximum absolute atomic E-state index is 12.8. The number of hydrogen-bond donors (Lipinski definition) is 1. The van der Waals surface area contributed by atoms with Crippen molar-refractivity contribution in [1.82, 2.24) is 4.90 Å². The minimum Gasteiger partial charge on any atom is -0.497 e. The number of hydrogen-bond acceptors (Lipinski definition) is 4. The lowest BCUT2D eigenvalue weighted by atomic mass is 10.0. The van der Waals surface area contributed by atoms with Crippen molar-refractivity contribution >= 4 is 22.6 Å². The Labute approximate surface area is 171 Å². The lowest BCUT2D eigenvalue weighted by Crippen LogP contribution is -2.47. The van der Waals surface area contributed by atoms with Gasteiger partial charge in [-0.1, -0.05) is 54.6 Å². The van der Waals surface area contributed by atoms with Gasteiger partial charge in [-0.15, -0.1) is 0 Å². The molecule has 0 saturated carbocycles. The van der Waals surface area contributed by atoms with E-state index in [0.717, 1.165) is 27.6 Å². The maximum atomic E-state index is 12.8. The number of methoxy groups -OCH3 is 1. The van der Waals surface area contributed by atoms with Crippen molar-refractivity contribution in [2.24, 2.45) is 5.73 Å². The number of benzene rings is 3. The molecular weight excluding hydrogens is 364 g/mol. The first-order valence-electron chi connectivity index (χ1n) is 9.66. The van der Waals surface area contributed by atoms with Crippen LogP contribution in [0.3, 0.4) is 0 Å². The van der Waals surface area contributed by atoms with E-state index in [-0.39, 0.29) is 18.4 Å². The van der Waals surface area contributed by atoms with Gasteiger partial charge in [-0.3, -0.25) is 14.5 Å². The molecule has 3 aromatic rings. The van der Waals surface area contributed by atoms with Crippen LogP contribution in [-0.4, -0.2) is 36.4 Å². The van der Waals surface area contributed by atoms with Gasteiger partial charge in [-0.2, -0.15) is 0 Å². The topological polar surface area (TPSA) is 72.6 Å². The zero-order valence-electron chi connectivity index (χ0n) is 16.8. The lowest BCUT2D eigenvalue weighted by Gasteiger charge is -2.23. The molecule has 2 amide bonds. The van der Waals surface area contributed by atoms with Gasteiger partial charge < -0.3 is 10.5 Å². The Morgan fingerprint density at radius 2 is 1.79 bits per heavy atom. The molecule has 0 heterocycles. The van der Waals surface area contributed by atoms with Crippen LogP contribution in [0.5, 0.6) is 5.75 Å². The molecule has 2 N–H and O–H groups in total. The molecule has 29 heavy (non-hydrogen) atoms. The van der Waals surface area contributed by atoms with Gasteiger partial charge in [-0.05, 0) is 46.9 Å². The summed E-state index contributed by atoms with van der Waals surface area (Å²) < 4.78 is 5.33. The van der Waals surface area contributed by atoms with Crippen molar-refractivity contribution in [2.45, 2.75) is 25.8 Å². The maximum Gasteiger partial charge on any atom is 0.246 e. The number of nitrogens with zero attached hydrogens (tertiary/aromatic N) is 1. The van der Waals surface area contributed by atoms with Gasteiger partial charge >= 0.3 is 0 Å². The molecule has 5 nitrogen and oxygen atoms in total. The molecule has 0 aliphatic heterocycles. The van der Waals surface area contributed by atoms with E-state index in [2.05, 4.69) is 0 Å². The lowest BCUT2D eigenvalue weighted by molar-refractivity contribution is -0.144. The quantitative estimate of drug-likeness (QED) is 0.672. The molecule has 0 aromatic heterocycles. The van der Waals surface area contributed by atoms with Crippen molar-refractivity contribution in [3.05, 3.63) is 77.9 Å². The van der Waals surface area contributed by atoms with E-state index in [9.17, 15) is 9.59 Å².